The van der Waals surface area contributed by atoms with Crippen LogP contribution in [0.1, 0.15) is 17.0 Å². The third-order valence-corrected chi connectivity index (χ3v) is 6.73. The van der Waals surface area contributed by atoms with Crippen molar-refractivity contribution in [2.24, 2.45) is 0 Å². The molecular formula is C23H23N5O3S. The summed E-state index contributed by atoms with van der Waals surface area (Å²) >= 11 is 0. The number of aromatic nitrogens is 4. The summed E-state index contributed by atoms with van der Waals surface area (Å²) in [6, 6.07) is 18.5. The Labute approximate surface area is 187 Å². The van der Waals surface area contributed by atoms with Gasteiger partial charge in [0.15, 0.2) is 5.82 Å². The van der Waals surface area contributed by atoms with Gasteiger partial charge >= 0.3 is 0 Å². The predicted octanol–water partition coefficient (Wildman–Crippen LogP) is 4.06. The van der Waals surface area contributed by atoms with Crippen LogP contribution in [-0.4, -0.2) is 35.5 Å². The van der Waals surface area contributed by atoms with Crippen LogP contribution in [0.5, 0.6) is 5.75 Å². The Morgan fingerprint density at radius 2 is 1.69 bits per heavy atom. The molecule has 0 radical (unpaired) electrons. The Hall–Kier alpha value is -3.72. The van der Waals surface area contributed by atoms with Gasteiger partial charge in [-0.2, -0.15) is 5.10 Å². The summed E-state index contributed by atoms with van der Waals surface area (Å²) in [5, 5.41) is 13.0. The minimum Gasteiger partial charge on any atom is -0.497 e. The van der Waals surface area contributed by atoms with Crippen LogP contribution in [-0.2, 0) is 10.0 Å². The minimum atomic E-state index is -3.88. The lowest BCUT2D eigenvalue weighted by atomic mass is 10.1. The first-order chi connectivity index (χ1) is 15.3. The molecule has 8 nitrogen and oxygen atoms in total. The third-order valence-electron chi connectivity index (χ3n) is 5.11. The molecule has 9 heteroatoms. The Kier molecular flexibility index (Phi) is 5.67. The number of sulfonamides is 1. The van der Waals surface area contributed by atoms with Gasteiger partial charge < -0.3 is 4.74 Å². The van der Waals surface area contributed by atoms with Crippen LogP contribution in [0.25, 0.3) is 17.1 Å². The second kappa shape index (κ2) is 8.43. The van der Waals surface area contributed by atoms with Gasteiger partial charge in [-0.15, -0.1) is 10.2 Å². The molecule has 0 fully saturated rings. The lowest BCUT2D eigenvalue weighted by Crippen LogP contribution is -2.16. The van der Waals surface area contributed by atoms with E-state index in [-0.39, 0.29) is 4.90 Å². The van der Waals surface area contributed by atoms with Crippen LogP contribution in [0.15, 0.2) is 65.6 Å². The summed E-state index contributed by atoms with van der Waals surface area (Å²) in [6.07, 6.45) is 0. The standard InChI is InChI=1S/C23H23N5O3S/c1-15-14-19(31-4)10-11-20(15)27-32(29,30)23-16(2)26-28(17(23)3)22-13-12-21(24-25-22)18-8-6-5-7-9-18/h5-14,27H,1-4H3. The van der Waals surface area contributed by atoms with Gasteiger partial charge in [0, 0.05) is 5.56 Å². The van der Waals surface area contributed by atoms with Crippen molar-refractivity contribution in [1.29, 1.82) is 0 Å². The number of nitrogens with one attached hydrogen (secondary N) is 1. The van der Waals surface area contributed by atoms with Gasteiger partial charge in [-0.1, -0.05) is 30.3 Å². The zero-order chi connectivity index (χ0) is 22.9. The van der Waals surface area contributed by atoms with Gasteiger partial charge in [0.2, 0.25) is 0 Å². The van der Waals surface area contributed by atoms with Crippen molar-refractivity contribution >= 4 is 15.7 Å². The molecule has 32 heavy (non-hydrogen) atoms. The van der Waals surface area contributed by atoms with E-state index in [0.717, 1.165) is 16.8 Å². The average molecular weight is 450 g/mol. The monoisotopic (exact) mass is 449 g/mol. The molecule has 0 unspecified atom stereocenters. The highest BCUT2D eigenvalue weighted by atomic mass is 32.2. The van der Waals surface area contributed by atoms with Crippen LogP contribution in [0.4, 0.5) is 5.69 Å². The van der Waals surface area contributed by atoms with E-state index in [0.29, 0.717) is 28.6 Å². The number of methoxy groups -OCH3 is 1. The van der Waals surface area contributed by atoms with E-state index in [1.54, 1.807) is 45.2 Å². The molecule has 2 aromatic carbocycles. The number of anilines is 1. The molecule has 4 rings (SSSR count). The molecule has 4 aromatic rings. The maximum Gasteiger partial charge on any atom is 0.265 e. The summed E-state index contributed by atoms with van der Waals surface area (Å²) in [5.41, 5.74) is 3.71. The predicted molar refractivity (Wildman–Crippen MR) is 123 cm³/mol. The summed E-state index contributed by atoms with van der Waals surface area (Å²) in [4.78, 5) is 0.113. The van der Waals surface area contributed by atoms with Gasteiger partial charge in [0.1, 0.15) is 10.6 Å². The number of hydrogen-bond acceptors (Lipinski definition) is 6. The maximum atomic E-state index is 13.2. The zero-order valence-electron chi connectivity index (χ0n) is 18.2. The molecule has 0 amide bonds. The molecular weight excluding hydrogens is 426 g/mol. The number of nitrogens with zero attached hydrogens (tertiary/aromatic N) is 4. The molecule has 0 bridgehead atoms. The van der Waals surface area contributed by atoms with Crippen LogP contribution in [0.3, 0.4) is 0 Å². The van der Waals surface area contributed by atoms with Crippen molar-refractivity contribution in [3.05, 3.63) is 77.6 Å². The van der Waals surface area contributed by atoms with Crippen LogP contribution in [0.2, 0.25) is 0 Å². The molecule has 0 saturated carbocycles. The van der Waals surface area contributed by atoms with E-state index in [4.69, 9.17) is 4.74 Å². The lowest BCUT2D eigenvalue weighted by Gasteiger charge is -2.12. The Balaban J connectivity index is 1.67. The molecule has 2 aromatic heterocycles. The van der Waals surface area contributed by atoms with Crippen LogP contribution in [0, 0.1) is 20.8 Å². The van der Waals surface area contributed by atoms with Crippen molar-refractivity contribution in [2.75, 3.05) is 11.8 Å². The average Bonchev–Trinajstić information content (AvgIpc) is 3.10. The first-order valence-corrected chi connectivity index (χ1v) is 11.4. The molecule has 0 spiro atoms. The first kappa shape index (κ1) is 21.5. The van der Waals surface area contributed by atoms with Gasteiger partial charge in [-0.25, -0.2) is 13.1 Å². The van der Waals surface area contributed by atoms with Crippen LogP contribution < -0.4 is 9.46 Å². The first-order valence-electron chi connectivity index (χ1n) is 9.93. The smallest absolute Gasteiger partial charge is 0.265 e. The zero-order valence-corrected chi connectivity index (χ0v) is 19.0. The minimum absolute atomic E-state index is 0.113. The summed E-state index contributed by atoms with van der Waals surface area (Å²) in [5.74, 6) is 1.09. The molecule has 0 saturated heterocycles. The second-order valence-electron chi connectivity index (χ2n) is 7.34. The van der Waals surface area contributed by atoms with E-state index in [9.17, 15) is 8.42 Å². The highest BCUT2D eigenvalue weighted by molar-refractivity contribution is 7.92. The highest BCUT2D eigenvalue weighted by Gasteiger charge is 2.26. The molecule has 2 heterocycles. The number of aryl methyl sites for hydroxylation is 2. The topological polar surface area (TPSA) is 99.0 Å². The molecule has 164 valence electrons. The number of rotatable bonds is 6. The van der Waals surface area contributed by atoms with Crippen LogP contribution >= 0.6 is 0 Å². The Morgan fingerprint density at radius 1 is 0.938 bits per heavy atom. The van der Waals surface area contributed by atoms with E-state index in [2.05, 4.69) is 20.0 Å². The van der Waals surface area contributed by atoms with Gasteiger partial charge in [0.05, 0.1) is 29.9 Å². The Bertz CT molecular complexity index is 1370. The SMILES string of the molecule is COc1ccc(NS(=O)(=O)c2c(C)nn(-c3ccc(-c4ccccc4)nn3)c2C)c(C)c1. The van der Waals surface area contributed by atoms with Gasteiger partial charge in [-0.3, -0.25) is 4.72 Å². The molecule has 0 aliphatic rings. The van der Waals surface area contributed by atoms with Crippen molar-refractivity contribution in [2.45, 2.75) is 25.7 Å². The van der Waals surface area contributed by atoms with Crippen molar-refractivity contribution in [3.63, 3.8) is 0 Å². The van der Waals surface area contributed by atoms with Crippen molar-refractivity contribution < 1.29 is 13.2 Å². The maximum absolute atomic E-state index is 13.2. The van der Waals surface area contributed by atoms with Crippen molar-refractivity contribution in [1.82, 2.24) is 20.0 Å². The molecule has 0 aliphatic heterocycles. The van der Waals surface area contributed by atoms with Crippen molar-refractivity contribution in [3.8, 4) is 22.8 Å². The van der Waals surface area contributed by atoms with E-state index >= 15 is 0 Å². The second-order valence-corrected chi connectivity index (χ2v) is 8.96. The fraction of sp³-hybridized carbons (Fsp3) is 0.174. The summed E-state index contributed by atoms with van der Waals surface area (Å²) in [7, 11) is -2.31. The van der Waals surface area contributed by atoms with E-state index in [1.165, 1.54) is 4.68 Å². The fourth-order valence-corrected chi connectivity index (χ4v) is 5.04. The number of benzene rings is 2. The third kappa shape index (κ3) is 4.06. The van der Waals surface area contributed by atoms with Gasteiger partial charge in [-0.05, 0) is 56.7 Å². The van der Waals surface area contributed by atoms with E-state index in [1.807, 2.05) is 43.3 Å². The summed E-state index contributed by atoms with van der Waals surface area (Å²) in [6.45, 7) is 5.17. The number of ether oxygens (including phenoxy) is 1. The molecule has 1 N–H and O–H groups in total. The quantitative estimate of drug-likeness (QED) is 0.477. The largest absolute Gasteiger partial charge is 0.497 e. The fourth-order valence-electron chi connectivity index (χ4n) is 3.51. The summed E-state index contributed by atoms with van der Waals surface area (Å²) < 4.78 is 35.7. The van der Waals surface area contributed by atoms with Gasteiger partial charge in [0.25, 0.3) is 10.0 Å². The lowest BCUT2D eigenvalue weighted by molar-refractivity contribution is 0.414. The number of hydrogen-bond donors (Lipinski definition) is 1. The van der Waals surface area contributed by atoms with E-state index < -0.39 is 10.0 Å². The highest BCUT2D eigenvalue weighted by Crippen LogP contribution is 2.27. The molecule has 0 atom stereocenters. The normalized spacial score (nSPS) is 11.4. The molecule has 0 aliphatic carbocycles. The Morgan fingerprint density at radius 3 is 2.31 bits per heavy atom.